The van der Waals surface area contributed by atoms with E-state index in [1.54, 1.807) is 19.0 Å². The SMILES string of the molecule is CN(C)C(CNC(=O)CCC1CCCO1)c1c(F)cccc1F. The summed E-state index contributed by atoms with van der Waals surface area (Å²) in [5.41, 5.74) is -0.0167. The zero-order chi connectivity index (χ0) is 16.8. The van der Waals surface area contributed by atoms with Gasteiger partial charge in [-0.1, -0.05) is 6.07 Å². The zero-order valence-corrected chi connectivity index (χ0v) is 13.6. The fourth-order valence-electron chi connectivity index (χ4n) is 2.83. The summed E-state index contributed by atoms with van der Waals surface area (Å²) in [7, 11) is 3.46. The molecular formula is C17H24F2N2O2. The summed E-state index contributed by atoms with van der Waals surface area (Å²) >= 11 is 0. The van der Waals surface area contributed by atoms with Gasteiger partial charge in [-0.2, -0.15) is 0 Å². The van der Waals surface area contributed by atoms with Crippen molar-refractivity contribution < 1.29 is 18.3 Å². The molecule has 2 atom stereocenters. The number of nitrogens with one attached hydrogen (secondary N) is 1. The Morgan fingerprint density at radius 3 is 2.65 bits per heavy atom. The van der Waals surface area contributed by atoms with Gasteiger partial charge in [0.05, 0.1) is 12.1 Å². The second-order valence-electron chi connectivity index (χ2n) is 6.09. The van der Waals surface area contributed by atoms with Crippen molar-refractivity contribution in [1.82, 2.24) is 10.2 Å². The molecule has 0 bridgehead atoms. The summed E-state index contributed by atoms with van der Waals surface area (Å²) in [6, 6.07) is 3.24. The molecule has 23 heavy (non-hydrogen) atoms. The van der Waals surface area contributed by atoms with Gasteiger partial charge in [0.2, 0.25) is 5.91 Å². The van der Waals surface area contributed by atoms with Crippen molar-refractivity contribution in [3.8, 4) is 0 Å². The molecule has 6 heteroatoms. The summed E-state index contributed by atoms with van der Waals surface area (Å²) < 4.78 is 33.4. The maximum atomic E-state index is 13.9. The van der Waals surface area contributed by atoms with Crippen LogP contribution in [0.4, 0.5) is 8.78 Å². The highest BCUT2D eigenvalue weighted by Gasteiger charge is 2.23. The number of hydrogen-bond acceptors (Lipinski definition) is 3. The van der Waals surface area contributed by atoms with Gasteiger partial charge in [0.1, 0.15) is 11.6 Å². The quantitative estimate of drug-likeness (QED) is 0.837. The molecule has 2 unspecified atom stereocenters. The fraction of sp³-hybridized carbons (Fsp3) is 0.588. The summed E-state index contributed by atoms with van der Waals surface area (Å²) in [6.45, 7) is 0.927. The van der Waals surface area contributed by atoms with E-state index in [9.17, 15) is 13.6 Å². The molecule has 1 aliphatic heterocycles. The van der Waals surface area contributed by atoms with Crippen LogP contribution in [-0.2, 0) is 9.53 Å². The largest absolute Gasteiger partial charge is 0.378 e. The molecular weight excluding hydrogens is 302 g/mol. The van der Waals surface area contributed by atoms with E-state index < -0.39 is 17.7 Å². The van der Waals surface area contributed by atoms with E-state index in [2.05, 4.69) is 5.32 Å². The van der Waals surface area contributed by atoms with E-state index >= 15 is 0 Å². The Labute approximate surface area is 135 Å². The number of hydrogen-bond donors (Lipinski definition) is 1. The molecule has 0 aliphatic carbocycles. The minimum Gasteiger partial charge on any atom is -0.378 e. The van der Waals surface area contributed by atoms with Crippen LogP contribution in [0.5, 0.6) is 0 Å². The van der Waals surface area contributed by atoms with Gasteiger partial charge < -0.3 is 15.0 Å². The van der Waals surface area contributed by atoms with Crippen LogP contribution in [0.3, 0.4) is 0 Å². The Morgan fingerprint density at radius 2 is 2.09 bits per heavy atom. The maximum Gasteiger partial charge on any atom is 0.220 e. The lowest BCUT2D eigenvalue weighted by Gasteiger charge is -2.26. The molecule has 0 aromatic heterocycles. The lowest BCUT2D eigenvalue weighted by molar-refractivity contribution is -0.121. The maximum absolute atomic E-state index is 13.9. The first-order chi connectivity index (χ1) is 11.0. The van der Waals surface area contributed by atoms with Crippen molar-refractivity contribution >= 4 is 5.91 Å². The molecule has 1 aromatic rings. The monoisotopic (exact) mass is 326 g/mol. The van der Waals surface area contributed by atoms with Crippen LogP contribution in [0.25, 0.3) is 0 Å². The van der Waals surface area contributed by atoms with E-state index in [1.165, 1.54) is 18.2 Å². The number of likely N-dealkylation sites (N-methyl/N-ethyl adjacent to an activating group) is 1. The Balaban J connectivity index is 1.90. The normalized spacial score (nSPS) is 19.1. The summed E-state index contributed by atoms with van der Waals surface area (Å²) in [5.74, 6) is -1.32. The number of nitrogens with zero attached hydrogens (tertiary/aromatic N) is 1. The molecule has 1 saturated heterocycles. The third kappa shape index (κ3) is 4.97. The highest BCUT2D eigenvalue weighted by Crippen LogP contribution is 2.24. The van der Waals surface area contributed by atoms with E-state index in [0.717, 1.165) is 19.4 Å². The molecule has 1 N–H and O–H groups in total. The van der Waals surface area contributed by atoms with Crippen LogP contribution < -0.4 is 5.32 Å². The standard InChI is InChI=1S/C17H24F2N2O2/c1-21(2)15(17-13(18)6-3-7-14(17)19)11-20-16(22)9-8-12-5-4-10-23-12/h3,6-7,12,15H,4-5,8-11H2,1-2H3,(H,20,22). The van der Waals surface area contributed by atoms with Gasteiger partial charge in [-0.25, -0.2) is 8.78 Å². The van der Waals surface area contributed by atoms with Crippen molar-refractivity contribution in [2.24, 2.45) is 0 Å². The fourth-order valence-corrected chi connectivity index (χ4v) is 2.83. The summed E-state index contributed by atoms with van der Waals surface area (Å²) in [4.78, 5) is 13.7. The molecule has 1 amide bonds. The number of ether oxygens (including phenoxy) is 1. The van der Waals surface area contributed by atoms with E-state index in [0.29, 0.717) is 12.8 Å². The molecule has 0 saturated carbocycles. The first-order valence-electron chi connectivity index (χ1n) is 7.97. The minimum atomic E-state index is -0.600. The third-order valence-corrected chi connectivity index (χ3v) is 4.17. The van der Waals surface area contributed by atoms with Crippen molar-refractivity contribution in [2.75, 3.05) is 27.2 Å². The summed E-state index contributed by atoms with van der Waals surface area (Å²) in [5, 5.41) is 2.77. The predicted octanol–water partition coefficient (Wildman–Crippen LogP) is 2.64. The Hall–Kier alpha value is -1.53. The van der Waals surface area contributed by atoms with Crippen molar-refractivity contribution in [3.05, 3.63) is 35.4 Å². The lowest BCUT2D eigenvalue weighted by Crippen LogP contribution is -2.35. The number of benzene rings is 1. The Morgan fingerprint density at radius 1 is 1.39 bits per heavy atom. The first kappa shape index (κ1) is 17.8. The van der Waals surface area contributed by atoms with Crippen LogP contribution in [0.2, 0.25) is 0 Å². The third-order valence-electron chi connectivity index (χ3n) is 4.17. The molecule has 2 rings (SSSR count). The number of amides is 1. The van der Waals surface area contributed by atoms with Crippen LogP contribution >= 0.6 is 0 Å². The number of rotatable bonds is 7. The Kier molecular flexibility index (Phi) is 6.47. The highest BCUT2D eigenvalue weighted by molar-refractivity contribution is 5.75. The molecule has 1 fully saturated rings. The van der Waals surface area contributed by atoms with Gasteiger partial charge in [0.25, 0.3) is 0 Å². The van der Waals surface area contributed by atoms with Crippen LogP contribution in [0.15, 0.2) is 18.2 Å². The van der Waals surface area contributed by atoms with Crippen molar-refractivity contribution in [2.45, 2.75) is 37.8 Å². The summed E-state index contributed by atoms with van der Waals surface area (Å²) in [6.07, 6.45) is 3.25. The van der Waals surface area contributed by atoms with Gasteiger partial charge in [-0.05, 0) is 45.5 Å². The molecule has 0 spiro atoms. The second kappa shape index (κ2) is 8.36. The van der Waals surface area contributed by atoms with Gasteiger partial charge in [-0.15, -0.1) is 0 Å². The Bertz CT molecular complexity index is 511. The first-order valence-corrected chi connectivity index (χ1v) is 7.97. The van der Waals surface area contributed by atoms with Crippen molar-refractivity contribution in [1.29, 1.82) is 0 Å². The highest BCUT2D eigenvalue weighted by atomic mass is 19.1. The van der Waals surface area contributed by atoms with Gasteiger partial charge in [0, 0.05) is 25.1 Å². The number of carbonyl (C=O) groups excluding carboxylic acids is 1. The predicted molar refractivity (Wildman–Crippen MR) is 84.0 cm³/mol. The number of carbonyl (C=O) groups is 1. The average Bonchev–Trinajstić information content (AvgIpc) is 3.01. The van der Waals surface area contributed by atoms with Crippen molar-refractivity contribution in [3.63, 3.8) is 0 Å². The van der Waals surface area contributed by atoms with Gasteiger partial charge >= 0.3 is 0 Å². The van der Waals surface area contributed by atoms with Crippen LogP contribution in [-0.4, -0.2) is 44.2 Å². The molecule has 0 radical (unpaired) electrons. The van der Waals surface area contributed by atoms with E-state index in [-0.39, 0.29) is 24.1 Å². The topological polar surface area (TPSA) is 41.6 Å². The van der Waals surface area contributed by atoms with E-state index in [4.69, 9.17) is 4.74 Å². The smallest absolute Gasteiger partial charge is 0.220 e. The molecule has 1 aliphatic rings. The lowest BCUT2D eigenvalue weighted by atomic mass is 10.0. The van der Waals surface area contributed by atoms with Gasteiger partial charge in [0.15, 0.2) is 0 Å². The minimum absolute atomic E-state index is 0.0167. The molecule has 1 aromatic carbocycles. The zero-order valence-electron chi connectivity index (χ0n) is 13.6. The van der Waals surface area contributed by atoms with E-state index in [1.807, 2.05) is 0 Å². The molecule has 1 heterocycles. The number of halogens is 2. The molecule has 4 nitrogen and oxygen atoms in total. The molecule has 128 valence electrons. The average molecular weight is 326 g/mol. The van der Waals surface area contributed by atoms with Gasteiger partial charge in [-0.3, -0.25) is 4.79 Å². The second-order valence-corrected chi connectivity index (χ2v) is 6.09. The van der Waals surface area contributed by atoms with Crippen LogP contribution in [0, 0.1) is 11.6 Å². The van der Waals surface area contributed by atoms with Crippen LogP contribution in [0.1, 0.15) is 37.3 Å².